The van der Waals surface area contributed by atoms with Gasteiger partial charge in [0, 0.05) is 11.4 Å². The molecule has 5 heteroatoms. The van der Waals surface area contributed by atoms with Crippen LogP contribution >= 0.6 is 11.6 Å². The smallest absolute Gasteiger partial charge is 0.309 e. The van der Waals surface area contributed by atoms with Crippen molar-refractivity contribution in [3.63, 3.8) is 0 Å². The van der Waals surface area contributed by atoms with E-state index in [9.17, 15) is 9.59 Å². The highest BCUT2D eigenvalue weighted by atomic mass is 35.5. The third-order valence-corrected chi connectivity index (χ3v) is 2.88. The third kappa shape index (κ3) is 2.02. The van der Waals surface area contributed by atoms with Crippen LogP contribution in [-0.4, -0.2) is 17.0 Å². The molecule has 0 aromatic heterocycles. The second-order valence-electron chi connectivity index (χ2n) is 3.75. The molecule has 84 valence electrons. The molecule has 0 spiro atoms. The molecule has 1 fully saturated rings. The minimum absolute atomic E-state index is 0.0204. The first-order chi connectivity index (χ1) is 7.58. The topological polar surface area (TPSA) is 66.4 Å². The molecule has 2 atom stereocenters. The van der Waals surface area contributed by atoms with Gasteiger partial charge in [-0.05, 0) is 17.7 Å². The minimum atomic E-state index is -0.969. The molecule has 1 aliphatic rings. The number of carboxylic acid groups (broad SMARTS) is 1. The average Bonchev–Trinajstić information content (AvgIpc) is 2.60. The van der Waals surface area contributed by atoms with Crippen LogP contribution in [0.5, 0.6) is 0 Å². The van der Waals surface area contributed by atoms with Crippen LogP contribution < -0.4 is 5.32 Å². The lowest BCUT2D eigenvalue weighted by Crippen LogP contribution is -2.24. The SMILES string of the molecule is O=C1CC(C(=O)O)C(c2cccc(Cl)c2)N1. The summed E-state index contributed by atoms with van der Waals surface area (Å²) >= 11 is 5.83. The van der Waals surface area contributed by atoms with Crippen LogP contribution in [0.15, 0.2) is 24.3 Å². The lowest BCUT2D eigenvalue weighted by atomic mass is 9.94. The molecule has 1 aromatic carbocycles. The number of hydrogen-bond donors (Lipinski definition) is 2. The monoisotopic (exact) mass is 239 g/mol. The van der Waals surface area contributed by atoms with E-state index in [0.717, 1.165) is 5.56 Å². The van der Waals surface area contributed by atoms with Gasteiger partial charge in [-0.15, -0.1) is 0 Å². The first-order valence-corrected chi connectivity index (χ1v) is 5.23. The highest BCUT2D eigenvalue weighted by molar-refractivity contribution is 6.30. The molecule has 2 rings (SSSR count). The number of carboxylic acids is 1. The van der Waals surface area contributed by atoms with E-state index in [-0.39, 0.29) is 12.3 Å². The van der Waals surface area contributed by atoms with E-state index in [1.165, 1.54) is 0 Å². The maximum absolute atomic E-state index is 11.2. The van der Waals surface area contributed by atoms with Crippen molar-refractivity contribution in [3.05, 3.63) is 34.9 Å². The Bertz CT molecular complexity index is 447. The average molecular weight is 240 g/mol. The summed E-state index contributed by atoms with van der Waals surface area (Å²) in [4.78, 5) is 22.2. The predicted molar refractivity (Wildman–Crippen MR) is 58.1 cm³/mol. The molecule has 2 unspecified atom stereocenters. The molecular weight excluding hydrogens is 230 g/mol. The van der Waals surface area contributed by atoms with Crippen molar-refractivity contribution >= 4 is 23.5 Å². The van der Waals surface area contributed by atoms with Crippen molar-refractivity contribution in [3.8, 4) is 0 Å². The molecule has 1 saturated heterocycles. The third-order valence-electron chi connectivity index (χ3n) is 2.65. The zero-order chi connectivity index (χ0) is 11.7. The van der Waals surface area contributed by atoms with Crippen LogP contribution in [0.1, 0.15) is 18.0 Å². The molecule has 1 heterocycles. The van der Waals surface area contributed by atoms with Crippen molar-refractivity contribution in [2.45, 2.75) is 12.5 Å². The van der Waals surface area contributed by atoms with E-state index in [1.807, 2.05) is 0 Å². The number of aliphatic carboxylic acids is 1. The predicted octanol–water partition coefficient (Wildman–Crippen LogP) is 1.60. The number of rotatable bonds is 2. The van der Waals surface area contributed by atoms with Crippen LogP contribution in [0.3, 0.4) is 0 Å². The fourth-order valence-electron chi connectivity index (χ4n) is 1.90. The Hall–Kier alpha value is -1.55. The summed E-state index contributed by atoms with van der Waals surface area (Å²) in [5.41, 5.74) is 0.728. The largest absolute Gasteiger partial charge is 0.481 e. The summed E-state index contributed by atoms with van der Waals surface area (Å²) in [5.74, 6) is -1.92. The van der Waals surface area contributed by atoms with Gasteiger partial charge in [0.05, 0.1) is 12.0 Å². The summed E-state index contributed by atoms with van der Waals surface area (Å²) in [5, 5.41) is 12.2. The number of benzene rings is 1. The van der Waals surface area contributed by atoms with E-state index in [1.54, 1.807) is 24.3 Å². The number of amides is 1. The van der Waals surface area contributed by atoms with Gasteiger partial charge in [0.15, 0.2) is 0 Å². The molecule has 0 saturated carbocycles. The molecular formula is C11H10ClNO3. The zero-order valence-electron chi connectivity index (χ0n) is 8.31. The van der Waals surface area contributed by atoms with Crippen LogP contribution in [0.2, 0.25) is 5.02 Å². The molecule has 1 aliphatic heterocycles. The Morgan fingerprint density at radius 1 is 1.50 bits per heavy atom. The first-order valence-electron chi connectivity index (χ1n) is 4.85. The van der Waals surface area contributed by atoms with Crippen LogP contribution in [0, 0.1) is 5.92 Å². The molecule has 1 aromatic rings. The Labute approximate surface area is 97.2 Å². The Morgan fingerprint density at radius 2 is 2.25 bits per heavy atom. The van der Waals surface area contributed by atoms with Crippen molar-refractivity contribution in [1.82, 2.24) is 5.32 Å². The van der Waals surface area contributed by atoms with Crippen molar-refractivity contribution in [2.75, 3.05) is 0 Å². The van der Waals surface area contributed by atoms with Gasteiger partial charge in [0.2, 0.25) is 5.91 Å². The lowest BCUT2D eigenvalue weighted by molar-refractivity contribution is -0.142. The van der Waals surface area contributed by atoms with Crippen molar-refractivity contribution < 1.29 is 14.7 Å². The summed E-state index contributed by atoms with van der Waals surface area (Å²) in [6.45, 7) is 0. The van der Waals surface area contributed by atoms with E-state index in [0.29, 0.717) is 5.02 Å². The van der Waals surface area contributed by atoms with Crippen LogP contribution in [0.4, 0.5) is 0 Å². The minimum Gasteiger partial charge on any atom is -0.481 e. The maximum Gasteiger partial charge on any atom is 0.309 e. The standard InChI is InChI=1S/C11H10ClNO3/c12-7-3-1-2-6(4-7)10-8(11(15)16)5-9(14)13-10/h1-4,8,10H,5H2,(H,13,14)(H,15,16). The molecule has 16 heavy (non-hydrogen) atoms. The molecule has 1 amide bonds. The Morgan fingerprint density at radius 3 is 2.88 bits per heavy atom. The quantitative estimate of drug-likeness (QED) is 0.824. The number of carbonyl (C=O) groups is 2. The first kappa shape index (κ1) is 11.0. The summed E-state index contributed by atoms with van der Waals surface area (Å²) < 4.78 is 0. The maximum atomic E-state index is 11.2. The van der Waals surface area contributed by atoms with Gasteiger partial charge in [0.25, 0.3) is 0 Å². The number of nitrogens with one attached hydrogen (secondary N) is 1. The molecule has 4 nitrogen and oxygen atoms in total. The van der Waals surface area contributed by atoms with Gasteiger partial charge in [-0.25, -0.2) is 0 Å². The fourth-order valence-corrected chi connectivity index (χ4v) is 2.09. The second kappa shape index (κ2) is 4.14. The van der Waals surface area contributed by atoms with Gasteiger partial charge in [0.1, 0.15) is 0 Å². The summed E-state index contributed by atoms with van der Waals surface area (Å²) in [7, 11) is 0. The zero-order valence-corrected chi connectivity index (χ0v) is 9.07. The summed E-state index contributed by atoms with van der Waals surface area (Å²) in [6.07, 6.45) is 0.0204. The van der Waals surface area contributed by atoms with Crippen LogP contribution in [-0.2, 0) is 9.59 Å². The van der Waals surface area contributed by atoms with Gasteiger partial charge in [-0.2, -0.15) is 0 Å². The van der Waals surface area contributed by atoms with E-state index >= 15 is 0 Å². The molecule has 2 N–H and O–H groups in total. The number of halogens is 1. The van der Waals surface area contributed by atoms with Gasteiger partial charge >= 0.3 is 5.97 Å². The molecule has 0 aliphatic carbocycles. The van der Waals surface area contributed by atoms with Gasteiger partial charge < -0.3 is 10.4 Å². The van der Waals surface area contributed by atoms with E-state index < -0.39 is 17.9 Å². The summed E-state index contributed by atoms with van der Waals surface area (Å²) in [6, 6.07) is 6.40. The number of carbonyl (C=O) groups excluding carboxylic acids is 1. The van der Waals surface area contributed by atoms with Crippen molar-refractivity contribution in [2.24, 2.45) is 5.92 Å². The van der Waals surface area contributed by atoms with Gasteiger partial charge in [-0.1, -0.05) is 23.7 Å². The van der Waals surface area contributed by atoms with Crippen LogP contribution in [0.25, 0.3) is 0 Å². The van der Waals surface area contributed by atoms with E-state index in [2.05, 4.69) is 5.32 Å². The Kier molecular flexibility index (Phi) is 2.83. The highest BCUT2D eigenvalue weighted by Crippen LogP contribution is 2.31. The second-order valence-corrected chi connectivity index (χ2v) is 4.19. The van der Waals surface area contributed by atoms with E-state index in [4.69, 9.17) is 16.7 Å². The Balaban J connectivity index is 2.32. The van der Waals surface area contributed by atoms with Crippen molar-refractivity contribution in [1.29, 1.82) is 0 Å². The normalized spacial score (nSPS) is 24.2. The fraction of sp³-hybridized carbons (Fsp3) is 0.273. The van der Waals surface area contributed by atoms with Gasteiger partial charge in [-0.3, -0.25) is 9.59 Å². The lowest BCUT2D eigenvalue weighted by Gasteiger charge is -2.15. The number of hydrogen-bond acceptors (Lipinski definition) is 2. The molecule has 0 radical (unpaired) electrons. The molecule has 0 bridgehead atoms. The highest BCUT2D eigenvalue weighted by Gasteiger charge is 2.38.